The molecule has 6 nitrogen and oxygen atoms in total. The zero-order valence-corrected chi connectivity index (χ0v) is 19.2. The molecule has 0 atom stereocenters. The fourth-order valence-corrected chi connectivity index (χ4v) is 4.30. The van der Waals surface area contributed by atoms with Crippen LogP contribution in [0.4, 0.5) is 5.69 Å². The monoisotopic (exact) mass is 474 g/mol. The molecular weight excluding hydrogens is 448 g/mol. The Morgan fingerprint density at radius 2 is 1.97 bits per heavy atom. The summed E-state index contributed by atoms with van der Waals surface area (Å²) >= 11 is 3.57. The fourth-order valence-electron chi connectivity index (χ4n) is 3.82. The van der Waals surface area contributed by atoms with Crippen molar-refractivity contribution in [3.05, 3.63) is 50.5 Å². The molecule has 0 unspecified atom stereocenters. The molecule has 0 bridgehead atoms. The molecule has 1 aromatic heterocycles. The fraction of sp³-hybridized carbons (Fsp3) is 0.435. The minimum atomic E-state index is -0.549. The Kier molecular flexibility index (Phi) is 7.48. The first-order chi connectivity index (χ1) is 14.4. The molecule has 0 radical (unpaired) electrons. The van der Waals surface area contributed by atoms with Crippen LogP contribution in [0.15, 0.2) is 42.9 Å². The molecule has 160 valence electrons. The van der Waals surface area contributed by atoms with Gasteiger partial charge in [-0.3, -0.25) is 0 Å². The summed E-state index contributed by atoms with van der Waals surface area (Å²) in [5.41, 5.74) is 1.01. The van der Waals surface area contributed by atoms with Crippen LogP contribution in [0.3, 0.4) is 0 Å². The van der Waals surface area contributed by atoms with Crippen molar-refractivity contribution in [1.29, 1.82) is 0 Å². The summed E-state index contributed by atoms with van der Waals surface area (Å²) in [4.78, 5) is 32.3. The van der Waals surface area contributed by atoms with E-state index >= 15 is 0 Å². The Labute approximate surface area is 185 Å². The molecule has 0 saturated heterocycles. The highest BCUT2D eigenvalue weighted by molar-refractivity contribution is 9.10. The Morgan fingerprint density at radius 3 is 2.60 bits per heavy atom. The topological polar surface area (TPSA) is 72.1 Å². The van der Waals surface area contributed by atoms with E-state index in [0.29, 0.717) is 22.5 Å². The summed E-state index contributed by atoms with van der Waals surface area (Å²) in [5, 5.41) is 0. The second-order valence-corrected chi connectivity index (χ2v) is 8.45. The molecular formula is C23H27BrN2O4. The molecule has 1 fully saturated rings. The summed E-state index contributed by atoms with van der Waals surface area (Å²) in [7, 11) is 3.62. The molecule has 1 aromatic carbocycles. The lowest BCUT2D eigenvalue weighted by atomic mass is 9.84. The molecule has 0 N–H and O–H groups in total. The van der Waals surface area contributed by atoms with Gasteiger partial charge in [-0.25, -0.2) is 14.6 Å². The Balaban J connectivity index is 2.37. The van der Waals surface area contributed by atoms with Gasteiger partial charge >= 0.3 is 11.6 Å². The number of rotatable bonds is 6. The van der Waals surface area contributed by atoms with Crippen LogP contribution < -0.4 is 5.63 Å². The average Bonchev–Trinajstić information content (AvgIpc) is 2.73. The van der Waals surface area contributed by atoms with Gasteiger partial charge in [0.15, 0.2) is 5.69 Å². The third-order valence-electron chi connectivity index (χ3n) is 5.15. The smallest absolute Gasteiger partial charge is 0.362 e. The highest BCUT2D eigenvalue weighted by atomic mass is 79.9. The number of hydrogen-bond donors (Lipinski definition) is 0. The van der Waals surface area contributed by atoms with E-state index in [1.54, 1.807) is 11.8 Å². The predicted octanol–water partition coefficient (Wildman–Crippen LogP) is 5.52. The second-order valence-electron chi connectivity index (χ2n) is 7.60. The largest absolute Gasteiger partial charge is 0.462 e. The van der Waals surface area contributed by atoms with Gasteiger partial charge in [0.2, 0.25) is 0 Å². The molecule has 1 aliphatic rings. The zero-order chi connectivity index (χ0) is 21.7. The van der Waals surface area contributed by atoms with Gasteiger partial charge in [0, 0.05) is 30.0 Å². The molecule has 2 aromatic rings. The first kappa shape index (κ1) is 22.3. The van der Waals surface area contributed by atoms with Gasteiger partial charge in [-0.05, 0) is 31.4 Å². The highest BCUT2D eigenvalue weighted by Gasteiger charge is 2.32. The van der Waals surface area contributed by atoms with Crippen LogP contribution in [0.2, 0.25) is 0 Å². The number of ether oxygens (including phenoxy) is 1. The zero-order valence-electron chi connectivity index (χ0n) is 17.6. The number of hydrogen-bond acceptors (Lipinski definition) is 5. The Bertz CT molecular complexity index is 991. The van der Waals surface area contributed by atoms with E-state index in [0.717, 1.165) is 36.6 Å². The van der Waals surface area contributed by atoms with Crippen LogP contribution in [0, 0.1) is 0 Å². The summed E-state index contributed by atoms with van der Waals surface area (Å²) in [6.45, 7) is 1.99. The van der Waals surface area contributed by atoms with E-state index in [-0.39, 0.29) is 18.2 Å². The van der Waals surface area contributed by atoms with Crippen molar-refractivity contribution in [1.82, 2.24) is 4.90 Å². The summed E-state index contributed by atoms with van der Waals surface area (Å²) < 4.78 is 11.9. The van der Waals surface area contributed by atoms with Gasteiger partial charge < -0.3 is 14.1 Å². The lowest BCUT2D eigenvalue weighted by Gasteiger charge is -2.24. The van der Waals surface area contributed by atoms with Crippen molar-refractivity contribution in [3.63, 3.8) is 0 Å². The van der Waals surface area contributed by atoms with Crippen molar-refractivity contribution >= 4 is 33.9 Å². The standard InChI is InChI=1S/C23H27BrN2O4/c1-4-29-22(27)19-18(16-12-8-9-13-17(16)24)20(25-14-26(2)3)23(28)30-21(19)15-10-6-5-7-11-15/h8-9,12-15H,4-7,10-11H2,1-3H3. The average molecular weight is 475 g/mol. The van der Waals surface area contributed by atoms with Crippen LogP contribution in [0.1, 0.15) is 61.1 Å². The van der Waals surface area contributed by atoms with E-state index < -0.39 is 11.6 Å². The van der Waals surface area contributed by atoms with E-state index in [1.165, 1.54) is 6.34 Å². The molecule has 7 heteroatoms. The van der Waals surface area contributed by atoms with E-state index in [4.69, 9.17) is 9.15 Å². The van der Waals surface area contributed by atoms with E-state index in [9.17, 15) is 9.59 Å². The van der Waals surface area contributed by atoms with Gasteiger partial charge in [0.1, 0.15) is 11.3 Å². The van der Waals surface area contributed by atoms with E-state index in [2.05, 4.69) is 20.9 Å². The van der Waals surface area contributed by atoms with Crippen LogP contribution in [0.5, 0.6) is 0 Å². The number of benzene rings is 1. The van der Waals surface area contributed by atoms with E-state index in [1.807, 2.05) is 38.4 Å². The molecule has 3 rings (SSSR count). The number of aliphatic imine (C=N–C) groups is 1. The lowest BCUT2D eigenvalue weighted by Crippen LogP contribution is -2.19. The number of halogens is 1. The molecule has 1 aliphatic carbocycles. The molecule has 30 heavy (non-hydrogen) atoms. The van der Waals surface area contributed by atoms with Crippen LogP contribution >= 0.6 is 15.9 Å². The SMILES string of the molecule is CCOC(=O)c1c(C2CCCCC2)oc(=O)c(N=CN(C)C)c1-c1ccccc1Br. The molecule has 0 aliphatic heterocycles. The van der Waals surface area contributed by atoms with Crippen molar-refractivity contribution < 1.29 is 13.9 Å². The first-order valence-corrected chi connectivity index (χ1v) is 11.1. The number of esters is 1. The van der Waals surface area contributed by atoms with Crippen molar-refractivity contribution in [2.24, 2.45) is 4.99 Å². The van der Waals surface area contributed by atoms with Crippen molar-refractivity contribution in [3.8, 4) is 11.1 Å². The quantitative estimate of drug-likeness (QED) is 0.313. The Morgan fingerprint density at radius 1 is 1.27 bits per heavy atom. The lowest BCUT2D eigenvalue weighted by molar-refractivity contribution is 0.0520. The highest BCUT2D eigenvalue weighted by Crippen LogP contribution is 2.42. The summed E-state index contributed by atoms with van der Waals surface area (Å²) in [5.74, 6) is -0.0550. The minimum absolute atomic E-state index is 0.0129. The maximum atomic E-state index is 13.2. The summed E-state index contributed by atoms with van der Waals surface area (Å²) in [6, 6.07) is 7.48. The summed E-state index contributed by atoms with van der Waals surface area (Å²) in [6.07, 6.45) is 6.53. The number of carbonyl (C=O) groups excluding carboxylic acids is 1. The van der Waals surface area contributed by atoms with Gasteiger partial charge in [0.25, 0.3) is 0 Å². The maximum Gasteiger partial charge on any atom is 0.362 e. The maximum absolute atomic E-state index is 13.2. The van der Waals surface area contributed by atoms with Crippen LogP contribution in [0.25, 0.3) is 11.1 Å². The Hall–Kier alpha value is -2.41. The first-order valence-electron chi connectivity index (χ1n) is 10.3. The predicted molar refractivity (Wildman–Crippen MR) is 122 cm³/mol. The number of carbonyl (C=O) groups is 1. The molecule has 0 amide bonds. The second kappa shape index (κ2) is 10.1. The van der Waals surface area contributed by atoms with Crippen molar-refractivity contribution in [2.75, 3.05) is 20.7 Å². The van der Waals surface area contributed by atoms with Gasteiger partial charge in [-0.1, -0.05) is 53.4 Å². The van der Waals surface area contributed by atoms with Crippen molar-refractivity contribution in [2.45, 2.75) is 44.9 Å². The van der Waals surface area contributed by atoms with Crippen LogP contribution in [-0.2, 0) is 4.74 Å². The minimum Gasteiger partial charge on any atom is -0.462 e. The molecule has 1 saturated carbocycles. The molecule has 1 heterocycles. The third-order valence-corrected chi connectivity index (χ3v) is 5.84. The van der Waals surface area contributed by atoms with Gasteiger partial charge in [-0.2, -0.15) is 0 Å². The molecule has 0 spiro atoms. The third kappa shape index (κ3) is 4.83. The van der Waals surface area contributed by atoms with Gasteiger partial charge in [-0.15, -0.1) is 0 Å². The van der Waals surface area contributed by atoms with Gasteiger partial charge in [0.05, 0.1) is 12.9 Å². The normalized spacial score (nSPS) is 14.8. The van der Waals surface area contributed by atoms with Crippen LogP contribution in [-0.4, -0.2) is 37.9 Å². The number of nitrogens with zero attached hydrogens (tertiary/aromatic N) is 2.